The zero-order chi connectivity index (χ0) is 14.8. The Balaban J connectivity index is 1.81. The van der Waals surface area contributed by atoms with E-state index >= 15 is 0 Å². The van der Waals surface area contributed by atoms with Gasteiger partial charge in [-0.3, -0.25) is 4.90 Å². The van der Waals surface area contributed by atoms with Crippen LogP contribution in [0.15, 0.2) is 0 Å². The molecular weight excluding hydrogens is 256 g/mol. The van der Waals surface area contributed by atoms with Gasteiger partial charge in [0.25, 0.3) is 0 Å². The van der Waals surface area contributed by atoms with Crippen molar-refractivity contribution in [3.05, 3.63) is 0 Å². The smallest absolute Gasteiger partial charge is 0.0195 e. The molecule has 124 valence electrons. The van der Waals surface area contributed by atoms with Crippen LogP contribution in [0.4, 0.5) is 0 Å². The molecule has 2 nitrogen and oxygen atoms in total. The number of nitrogens with zero attached hydrogens (tertiary/aromatic N) is 1. The average Bonchev–Trinajstić information content (AvgIpc) is 2.99. The fraction of sp³-hybridized carbons (Fsp3) is 1.00. The normalized spacial score (nSPS) is 27.4. The van der Waals surface area contributed by atoms with Crippen LogP contribution in [0.25, 0.3) is 0 Å². The number of hydrogen-bond donors (Lipinski definition) is 1. The van der Waals surface area contributed by atoms with Crippen LogP contribution in [-0.2, 0) is 0 Å². The molecule has 0 aromatic carbocycles. The molecule has 2 heteroatoms. The summed E-state index contributed by atoms with van der Waals surface area (Å²) in [5, 5.41) is 3.69. The number of rotatable bonds is 4. The van der Waals surface area contributed by atoms with Crippen LogP contribution in [0, 0.1) is 0 Å². The predicted molar refractivity (Wildman–Crippen MR) is 92.8 cm³/mol. The molecule has 0 radical (unpaired) electrons. The molecule has 2 fully saturated rings. The molecule has 1 saturated heterocycles. The third-order valence-electron chi connectivity index (χ3n) is 5.61. The summed E-state index contributed by atoms with van der Waals surface area (Å²) in [5.74, 6) is 0. The second-order valence-corrected chi connectivity index (χ2v) is 7.29. The summed E-state index contributed by atoms with van der Waals surface area (Å²) < 4.78 is 0. The third-order valence-corrected chi connectivity index (χ3v) is 5.61. The lowest BCUT2D eigenvalue weighted by atomic mass is 9.96. The minimum Gasteiger partial charge on any atom is -0.313 e. The molecule has 1 aliphatic heterocycles. The molecular formula is C19H38N2. The fourth-order valence-corrected chi connectivity index (χ4v) is 4.24. The third kappa shape index (κ3) is 6.69. The van der Waals surface area contributed by atoms with Gasteiger partial charge in [0.05, 0.1) is 0 Å². The Hall–Kier alpha value is -0.0800. The quantitative estimate of drug-likeness (QED) is 0.806. The maximum absolute atomic E-state index is 3.69. The van der Waals surface area contributed by atoms with Crippen LogP contribution >= 0.6 is 0 Å². The summed E-state index contributed by atoms with van der Waals surface area (Å²) in [6, 6.07) is 1.63. The summed E-state index contributed by atoms with van der Waals surface area (Å²) in [6.07, 6.45) is 18.9. The van der Waals surface area contributed by atoms with E-state index in [2.05, 4.69) is 17.1 Å². The summed E-state index contributed by atoms with van der Waals surface area (Å²) in [7, 11) is 0. The Morgan fingerprint density at radius 2 is 1.33 bits per heavy atom. The topological polar surface area (TPSA) is 15.3 Å². The largest absolute Gasteiger partial charge is 0.313 e. The van der Waals surface area contributed by atoms with Crippen molar-refractivity contribution in [3.63, 3.8) is 0 Å². The average molecular weight is 295 g/mol. The second kappa shape index (κ2) is 10.6. The molecule has 0 spiro atoms. The second-order valence-electron chi connectivity index (χ2n) is 7.29. The van der Waals surface area contributed by atoms with E-state index < -0.39 is 0 Å². The van der Waals surface area contributed by atoms with Gasteiger partial charge >= 0.3 is 0 Å². The first-order chi connectivity index (χ1) is 10.4. The number of hydrogen-bond acceptors (Lipinski definition) is 2. The summed E-state index contributed by atoms with van der Waals surface area (Å²) in [4.78, 5) is 2.80. The highest BCUT2D eigenvalue weighted by Gasteiger charge is 2.22. The van der Waals surface area contributed by atoms with Crippen LogP contribution in [0.5, 0.6) is 0 Å². The van der Waals surface area contributed by atoms with Crippen LogP contribution < -0.4 is 5.32 Å². The van der Waals surface area contributed by atoms with Crippen LogP contribution in [0.2, 0.25) is 0 Å². The van der Waals surface area contributed by atoms with Crippen LogP contribution in [0.3, 0.4) is 0 Å². The molecule has 21 heavy (non-hydrogen) atoms. The monoisotopic (exact) mass is 294 g/mol. The van der Waals surface area contributed by atoms with Gasteiger partial charge in [-0.15, -0.1) is 0 Å². The molecule has 1 unspecified atom stereocenters. The van der Waals surface area contributed by atoms with Gasteiger partial charge in [0.1, 0.15) is 0 Å². The maximum atomic E-state index is 3.69. The lowest BCUT2D eigenvalue weighted by molar-refractivity contribution is 0.164. The molecule has 1 saturated carbocycles. The first-order valence-corrected chi connectivity index (χ1v) is 9.87. The van der Waals surface area contributed by atoms with E-state index in [4.69, 9.17) is 0 Å². The molecule has 0 aromatic heterocycles. The zero-order valence-electron chi connectivity index (χ0n) is 14.4. The van der Waals surface area contributed by atoms with Gasteiger partial charge in [0.15, 0.2) is 0 Å². The van der Waals surface area contributed by atoms with Gasteiger partial charge in [-0.05, 0) is 38.8 Å². The van der Waals surface area contributed by atoms with Gasteiger partial charge in [0, 0.05) is 18.6 Å². The van der Waals surface area contributed by atoms with E-state index in [1.54, 1.807) is 0 Å². The van der Waals surface area contributed by atoms with E-state index in [1.165, 1.54) is 103 Å². The molecule has 1 N–H and O–H groups in total. The maximum Gasteiger partial charge on any atom is 0.0195 e. The summed E-state index contributed by atoms with van der Waals surface area (Å²) in [5.41, 5.74) is 0. The Morgan fingerprint density at radius 1 is 0.762 bits per heavy atom. The van der Waals surface area contributed by atoms with E-state index in [0.29, 0.717) is 0 Å². The molecule has 0 amide bonds. The molecule has 0 aromatic rings. The highest BCUT2D eigenvalue weighted by atomic mass is 15.2. The number of nitrogens with one attached hydrogen (secondary N) is 1. The molecule has 1 atom stereocenters. The minimum absolute atomic E-state index is 0.770. The highest BCUT2D eigenvalue weighted by Crippen LogP contribution is 2.21. The molecule has 2 aliphatic rings. The number of likely N-dealkylation sites (N-methyl/N-ethyl adjacent to an activating group) is 1. The predicted octanol–water partition coefficient (Wildman–Crippen LogP) is 4.73. The SMILES string of the molecule is CCN(CC1CCCN1)C1CCCCCCCCCCC1. The van der Waals surface area contributed by atoms with Crippen molar-refractivity contribution in [3.8, 4) is 0 Å². The molecule has 2 rings (SSSR count). The Kier molecular flexibility index (Phi) is 8.73. The van der Waals surface area contributed by atoms with Gasteiger partial charge in [0.2, 0.25) is 0 Å². The van der Waals surface area contributed by atoms with Crippen molar-refractivity contribution < 1.29 is 0 Å². The molecule has 0 bridgehead atoms. The van der Waals surface area contributed by atoms with E-state index in [-0.39, 0.29) is 0 Å². The molecule has 1 heterocycles. The standard InChI is InChI=1S/C19H38N2/c1-2-21(17-18-13-12-16-20-18)19-14-10-8-6-4-3-5-7-9-11-15-19/h18-20H,2-17H2,1H3. The fourth-order valence-electron chi connectivity index (χ4n) is 4.24. The van der Waals surface area contributed by atoms with Gasteiger partial charge in [-0.25, -0.2) is 0 Å². The van der Waals surface area contributed by atoms with Crippen LogP contribution in [-0.4, -0.2) is 36.6 Å². The van der Waals surface area contributed by atoms with Crippen molar-refractivity contribution in [2.24, 2.45) is 0 Å². The molecule has 1 aliphatic carbocycles. The lowest BCUT2D eigenvalue weighted by Crippen LogP contribution is -2.43. The van der Waals surface area contributed by atoms with Crippen molar-refractivity contribution in [2.45, 2.75) is 102 Å². The van der Waals surface area contributed by atoms with Gasteiger partial charge in [-0.2, -0.15) is 0 Å². The summed E-state index contributed by atoms with van der Waals surface area (Å²) >= 11 is 0. The van der Waals surface area contributed by atoms with Crippen molar-refractivity contribution >= 4 is 0 Å². The highest BCUT2D eigenvalue weighted by molar-refractivity contribution is 4.81. The van der Waals surface area contributed by atoms with Crippen molar-refractivity contribution in [1.82, 2.24) is 10.2 Å². The lowest BCUT2D eigenvalue weighted by Gasteiger charge is -2.33. The van der Waals surface area contributed by atoms with E-state index in [1.807, 2.05) is 0 Å². The first-order valence-electron chi connectivity index (χ1n) is 9.87. The zero-order valence-corrected chi connectivity index (χ0v) is 14.4. The van der Waals surface area contributed by atoms with Crippen molar-refractivity contribution in [1.29, 1.82) is 0 Å². The Morgan fingerprint density at radius 3 is 1.81 bits per heavy atom. The van der Waals surface area contributed by atoms with E-state index in [0.717, 1.165) is 12.1 Å². The first kappa shape index (κ1) is 17.3. The van der Waals surface area contributed by atoms with Gasteiger partial charge < -0.3 is 5.32 Å². The van der Waals surface area contributed by atoms with Crippen LogP contribution in [0.1, 0.15) is 90.4 Å². The minimum atomic E-state index is 0.770. The summed E-state index contributed by atoms with van der Waals surface area (Å²) in [6.45, 7) is 6.14. The Labute approximate surface area is 133 Å². The van der Waals surface area contributed by atoms with Gasteiger partial charge in [-0.1, -0.05) is 64.7 Å². The van der Waals surface area contributed by atoms with E-state index in [9.17, 15) is 0 Å². The Bertz CT molecular complexity index is 236. The van der Waals surface area contributed by atoms with Crippen molar-refractivity contribution in [2.75, 3.05) is 19.6 Å².